The van der Waals surface area contributed by atoms with Gasteiger partial charge in [0.05, 0.1) is 6.61 Å². The Labute approximate surface area is 456 Å². The Hall–Kier alpha value is -3.32. The van der Waals surface area contributed by atoms with Crippen molar-refractivity contribution in [2.24, 2.45) is 0 Å². The normalized spacial score (nSPS) is 18.4. The number of rotatable bonds is 52. The molecule has 0 aromatic carbocycles. The molecule has 0 amide bonds. The molecule has 1 aliphatic heterocycles. The van der Waals surface area contributed by atoms with Crippen LogP contribution in [0.15, 0.2) is 48.6 Å². The van der Waals surface area contributed by atoms with E-state index in [2.05, 4.69) is 69.4 Å². The van der Waals surface area contributed by atoms with Gasteiger partial charge < -0.3 is 39.0 Å². The quantitative estimate of drug-likeness (QED) is 0.0228. The van der Waals surface area contributed by atoms with Gasteiger partial charge in [0.2, 0.25) is 0 Å². The van der Waals surface area contributed by atoms with Gasteiger partial charge in [0, 0.05) is 19.3 Å². The number of carbonyl (C=O) groups excluding carboxylic acids is 3. The Kier molecular flexibility index (Phi) is 47.8. The number of allylic oxidation sites excluding steroid dienone is 8. The van der Waals surface area contributed by atoms with E-state index >= 15 is 0 Å². The minimum absolute atomic E-state index is 0.0619. The first-order valence-electron chi connectivity index (χ1n) is 30.6. The average molecular weight is 1060 g/mol. The van der Waals surface area contributed by atoms with Gasteiger partial charge in [-0.15, -0.1) is 0 Å². The first-order chi connectivity index (χ1) is 36.6. The number of carbonyl (C=O) groups is 4. The van der Waals surface area contributed by atoms with Gasteiger partial charge in [-0.1, -0.05) is 223 Å². The maximum absolute atomic E-state index is 13.1. The van der Waals surface area contributed by atoms with Crippen LogP contribution in [-0.4, -0.2) is 89.2 Å². The van der Waals surface area contributed by atoms with Gasteiger partial charge in [-0.3, -0.25) is 14.4 Å². The third-order valence-corrected chi connectivity index (χ3v) is 13.9. The van der Waals surface area contributed by atoms with E-state index in [4.69, 9.17) is 23.7 Å². The smallest absolute Gasteiger partial charge is 0.335 e. The second-order valence-corrected chi connectivity index (χ2v) is 21.0. The SMILES string of the molecule is CCCCC/C=C\C/C=C\C/C=C\CCCCCCCCC(=O)OCC(COC1OC(C(=O)O)C(O)C(O)C1OC(=O)CCCCCCCCCCCCCCC)OC(=O)CCCCCCC/C=C\CCCCCC. The topological polar surface area (TPSA) is 175 Å². The minimum Gasteiger partial charge on any atom is -0.479 e. The number of hydrogen-bond acceptors (Lipinski definition) is 11. The lowest BCUT2D eigenvalue weighted by Gasteiger charge is -2.40. The zero-order chi connectivity index (χ0) is 54.7. The van der Waals surface area contributed by atoms with Crippen LogP contribution in [0.25, 0.3) is 0 Å². The highest BCUT2D eigenvalue weighted by atomic mass is 16.7. The third-order valence-electron chi connectivity index (χ3n) is 13.9. The van der Waals surface area contributed by atoms with E-state index in [0.717, 1.165) is 116 Å². The first-order valence-corrected chi connectivity index (χ1v) is 30.6. The summed E-state index contributed by atoms with van der Waals surface area (Å²) in [6.45, 7) is 5.94. The number of carboxylic acids is 1. The molecule has 1 rings (SSSR count). The van der Waals surface area contributed by atoms with E-state index in [0.29, 0.717) is 19.3 Å². The van der Waals surface area contributed by atoms with Gasteiger partial charge >= 0.3 is 23.9 Å². The standard InChI is InChI=1S/C63H110O12/c1-4-7-10-13-16-19-22-25-26-27-28-29-30-33-34-37-40-43-46-49-55(64)71-52-54(73-56(65)50-47-44-41-38-35-31-23-20-17-14-11-8-5-2)53-72-63-61(59(68)58(67)60(75-63)62(69)70)74-57(66)51-48-45-42-39-36-32-24-21-18-15-12-9-6-3/h16,19-20,23,25-26,28-29,54,58-61,63,67-68H,4-15,17-18,21-22,24,27,30-53H2,1-3H3,(H,69,70)/b19-16-,23-20-,26-25-,29-28-. The molecule has 0 aliphatic carbocycles. The summed E-state index contributed by atoms with van der Waals surface area (Å²) < 4.78 is 28.4. The van der Waals surface area contributed by atoms with E-state index in [1.807, 2.05) is 0 Å². The van der Waals surface area contributed by atoms with Crippen LogP contribution in [0.1, 0.15) is 278 Å². The summed E-state index contributed by atoms with van der Waals surface area (Å²) in [6.07, 6.45) is 49.3. The van der Waals surface area contributed by atoms with Crippen molar-refractivity contribution < 1.29 is 58.2 Å². The molecule has 75 heavy (non-hydrogen) atoms. The van der Waals surface area contributed by atoms with Crippen molar-refractivity contribution >= 4 is 23.9 Å². The molecule has 0 radical (unpaired) electrons. The molecule has 6 unspecified atom stereocenters. The Balaban J connectivity index is 2.67. The lowest BCUT2D eigenvalue weighted by atomic mass is 9.98. The van der Waals surface area contributed by atoms with Crippen LogP contribution in [0.5, 0.6) is 0 Å². The molecule has 1 aliphatic rings. The lowest BCUT2D eigenvalue weighted by Crippen LogP contribution is -2.61. The molecule has 0 saturated carbocycles. The van der Waals surface area contributed by atoms with Crippen LogP contribution in [0.2, 0.25) is 0 Å². The highest BCUT2D eigenvalue weighted by Crippen LogP contribution is 2.26. The van der Waals surface area contributed by atoms with E-state index in [1.165, 1.54) is 103 Å². The number of esters is 3. The number of hydrogen-bond donors (Lipinski definition) is 3. The Morgan fingerprint density at radius 3 is 1.27 bits per heavy atom. The van der Waals surface area contributed by atoms with Crippen LogP contribution in [0.3, 0.4) is 0 Å². The van der Waals surface area contributed by atoms with Gasteiger partial charge in [0.15, 0.2) is 24.6 Å². The van der Waals surface area contributed by atoms with E-state index in [9.17, 15) is 34.5 Å². The molecule has 12 heteroatoms. The fourth-order valence-corrected chi connectivity index (χ4v) is 9.13. The maximum atomic E-state index is 13.1. The predicted molar refractivity (Wildman–Crippen MR) is 303 cm³/mol. The zero-order valence-corrected chi connectivity index (χ0v) is 47.8. The van der Waals surface area contributed by atoms with Crippen molar-refractivity contribution in [1.82, 2.24) is 0 Å². The lowest BCUT2D eigenvalue weighted by molar-refractivity contribution is -0.301. The van der Waals surface area contributed by atoms with Crippen molar-refractivity contribution in [3.8, 4) is 0 Å². The highest BCUT2D eigenvalue weighted by molar-refractivity contribution is 5.74. The van der Waals surface area contributed by atoms with E-state index in [1.54, 1.807) is 0 Å². The molecule has 3 N–H and O–H groups in total. The van der Waals surface area contributed by atoms with Gasteiger partial charge in [-0.05, 0) is 83.5 Å². The summed E-state index contributed by atoms with van der Waals surface area (Å²) in [7, 11) is 0. The summed E-state index contributed by atoms with van der Waals surface area (Å²) in [5, 5.41) is 31.5. The Morgan fingerprint density at radius 2 is 0.800 bits per heavy atom. The predicted octanol–water partition coefficient (Wildman–Crippen LogP) is 15.8. The molecule has 434 valence electrons. The van der Waals surface area contributed by atoms with Crippen molar-refractivity contribution in [2.75, 3.05) is 13.2 Å². The largest absolute Gasteiger partial charge is 0.479 e. The van der Waals surface area contributed by atoms with Crippen molar-refractivity contribution in [2.45, 2.75) is 314 Å². The number of unbranched alkanes of at least 4 members (excludes halogenated alkanes) is 30. The van der Waals surface area contributed by atoms with Crippen molar-refractivity contribution in [3.63, 3.8) is 0 Å². The van der Waals surface area contributed by atoms with Crippen molar-refractivity contribution in [1.29, 1.82) is 0 Å². The average Bonchev–Trinajstić information content (AvgIpc) is 3.39. The van der Waals surface area contributed by atoms with Gasteiger partial charge in [0.1, 0.15) is 18.8 Å². The van der Waals surface area contributed by atoms with E-state index < -0.39 is 67.3 Å². The summed E-state index contributed by atoms with van der Waals surface area (Å²) in [5.74, 6) is -3.13. The molecular weight excluding hydrogens is 949 g/mol. The highest BCUT2D eigenvalue weighted by Gasteiger charge is 2.50. The number of aliphatic hydroxyl groups is 2. The Bertz CT molecular complexity index is 1490. The van der Waals surface area contributed by atoms with E-state index in [-0.39, 0.29) is 25.9 Å². The van der Waals surface area contributed by atoms with Crippen LogP contribution >= 0.6 is 0 Å². The van der Waals surface area contributed by atoms with Crippen LogP contribution in [-0.2, 0) is 42.9 Å². The molecule has 0 bridgehead atoms. The third kappa shape index (κ3) is 41.5. The molecule has 12 nitrogen and oxygen atoms in total. The maximum Gasteiger partial charge on any atom is 0.335 e. The fourth-order valence-electron chi connectivity index (χ4n) is 9.13. The molecule has 1 fully saturated rings. The molecule has 0 aromatic heterocycles. The summed E-state index contributed by atoms with van der Waals surface area (Å²) >= 11 is 0. The minimum atomic E-state index is -1.90. The number of ether oxygens (including phenoxy) is 5. The van der Waals surface area contributed by atoms with Gasteiger partial charge in [-0.2, -0.15) is 0 Å². The van der Waals surface area contributed by atoms with Crippen molar-refractivity contribution in [3.05, 3.63) is 48.6 Å². The second kappa shape index (κ2) is 51.4. The number of carboxylic acid groups (broad SMARTS) is 1. The number of aliphatic carboxylic acids is 1. The van der Waals surface area contributed by atoms with Gasteiger partial charge in [0.25, 0.3) is 0 Å². The molecule has 0 aromatic rings. The Morgan fingerprint density at radius 1 is 0.440 bits per heavy atom. The van der Waals surface area contributed by atoms with Gasteiger partial charge in [-0.25, -0.2) is 4.79 Å². The summed E-state index contributed by atoms with van der Waals surface area (Å²) in [6, 6.07) is 0. The summed E-state index contributed by atoms with van der Waals surface area (Å²) in [4.78, 5) is 51.1. The van der Waals surface area contributed by atoms with Crippen LogP contribution in [0, 0.1) is 0 Å². The second-order valence-electron chi connectivity index (χ2n) is 21.0. The molecular formula is C63H110O12. The monoisotopic (exact) mass is 1060 g/mol. The molecule has 1 heterocycles. The van der Waals surface area contributed by atoms with Crippen LogP contribution in [0.4, 0.5) is 0 Å². The number of aliphatic hydroxyl groups excluding tert-OH is 2. The fraction of sp³-hybridized carbons (Fsp3) is 0.810. The zero-order valence-electron chi connectivity index (χ0n) is 47.8. The van der Waals surface area contributed by atoms with Crippen LogP contribution < -0.4 is 0 Å². The first kappa shape index (κ1) is 69.7. The summed E-state index contributed by atoms with van der Waals surface area (Å²) in [5.41, 5.74) is 0. The molecule has 1 saturated heterocycles. The molecule has 6 atom stereocenters. The molecule has 0 spiro atoms.